The molecule has 2 amide bonds. The van der Waals surface area contributed by atoms with Gasteiger partial charge < -0.3 is 10.2 Å². The summed E-state index contributed by atoms with van der Waals surface area (Å²) < 4.78 is 0. The van der Waals surface area contributed by atoms with Crippen molar-refractivity contribution < 1.29 is 9.59 Å². The van der Waals surface area contributed by atoms with Crippen LogP contribution in [0, 0.1) is 0 Å². The van der Waals surface area contributed by atoms with Gasteiger partial charge in [-0.2, -0.15) is 0 Å². The molecule has 1 N–H and O–H groups in total. The highest BCUT2D eigenvalue weighted by Crippen LogP contribution is 2.33. The Morgan fingerprint density at radius 3 is 2.60 bits per heavy atom. The molecule has 0 spiro atoms. The maximum atomic E-state index is 13.0. The van der Waals surface area contributed by atoms with Crippen molar-refractivity contribution in [3.63, 3.8) is 0 Å². The molecule has 3 rings (SSSR count). The molecule has 1 aromatic carbocycles. The second kappa shape index (κ2) is 7.77. The van der Waals surface area contributed by atoms with Gasteiger partial charge in [0.2, 0.25) is 11.8 Å². The predicted octanol–water partition coefficient (Wildman–Crippen LogP) is 4.06. The van der Waals surface area contributed by atoms with Gasteiger partial charge in [0, 0.05) is 24.0 Å². The number of nitrogens with zero attached hydrogens (tertiary/aromatic N) is 1. The molecule has 2 aliphatic rings. The minimum atomic E-state index is -0.789. The molecule has 1 atom stereocenters. The van der Waals surface area contributed by atoms with E-state index in [-0.39, 0.29) is 17.9 Å². The fourth-order valence-corrected chi connectivity index (χ4v) is 4.15. The van der Waals surface area contributed by atoms with Crippen molar-refractivity contribution in [2.45, 2.75) is 76.4 Å². The van der Waals surface area contributed by atoms with E-state index in [9.17, 15) is 9.59 Å². The van der Waals surface area contributed by atoms with Crippen LogP contribution in [0.3, 0.4) is 0 Å². The van der Waals surface area contributed by atoms with E-state index in [1.807, 2.05) is 31.2 Å². The Morgan fingerprint density at radius 1 is 1.24 bits per heavy atom. The lowest BCUT2D eigenvalue weighted by Crippen LogP contribution is -2.56. The first-order chi connectivity index (χ1) is 12.0. The van der Waals surface area contributed by atoms with Crippen LogP contribution in [0.5, 0.6) is 0 Å². The first-order valence-electron chi connectivity index (χ1n) is 9.35. The summed E-state index contributed by atoms with van der Waals surface area (Å²) in [6.07, 6.45) is 7.91. The highest BCUT2D eigenvalue weighted by molar-refractivity contribution is 6.31. The summed E-state index contributed by atoms with van der Waals surface area (Å²) in [5, 5.41) is 3.86. The summed E-state index contributed by atoms with van der Waals surface area (Å²) in [4.78, 5) is 27.2. The monoisotopic (exact) mass is 362 g/mol. The van der Waals surface area contributed by atoms with Gasteiger partial charge in [-0.1, -0.05) is 55.5 Å². The summed E-state index contributed by atoms with van der Waals surface area (Å²) in [5.74, 6) is 0.00994. The Hall–Kier alpha value is -1.55. The van der Waals surface area contributed by atoms with Crippen LogP contribution < -0.4 is 5.32 Å². The van der Waals surface area contributed by atoms with Crippen LogP contribution in [0.25, 0.3) is 0 Å². The molecular weight excluding hydrogens is 336 g/mol. The number of hydrogen-bond acceptors (Lipinski definition) is 2. The molecule has 1 saturated heterocycles. The number of rotatable bonds is 4. The number of halogens is 1. The van der Waals surface area contributed by atoms with E-state index in [0.717, 1.165) is 18.4 Å². The lowest BCUT2D eigenvalue weighted by Gasteiger charge is -2.35. The molecule has 1 unspecified atom stereocenters. The fraction of sp³-hybridized carbons (Fsp3) is 0.600. The number of carbonyl (C=O) groups is 2. The van der Waals surface area contributed by atoms with E-state index in [1.54, 1.807) is 4.90 Å². The van der Waals surface area contributed by atoms with Crippen LogP contribution in [-0.4, -0.2) is 28.3 Å². The zero-order chi connectivity index (χ0) is 17.9. The molecule has 0 aromatic heterocycles. The summed E-state index contributed by atoms with van der Waals surface area (Å²) in [5.41, 5.74) is 0.0932. The van der Waals surface area contributed by atoms with Crippen molar-refractivity contribution in [3.8, 4) is 0 Å². The third-order valence-electron chi connectivity index (χ3n) is 5.69. The molecule has 25 heavy (non-hydrogen) atoms. The van der Waals surface area contributed by atoms with Crippen LogP contribution in [0.15, 0.2) is 24.3 Å². The van der Waals surface area contributed by atoms with Crippen molar-refractivity contribution >= 4 is 23.4 Å². The van der Waals surface area contributed by atoms with Crippen LogP contribution in [-0.2, 0) is 16.1 Å². The molecule has 1 aromatic rings. The van der Waals surface area contributed by atoms with E-state index in [0.29, 0.717) is 24.4 Å². The molecule has 1 aliphatic carbocycles. The molecule has 1 heterocycles. The molecular formula is C20H27ClN2O2. The largest absolute Gasteiger partial charge is 0.351 e. The predicted molar refractivity (Wildman–Crippen MR) is 99.3 cm³/mol. The van der Waals surface area contributed by atoms with Gasteiger partial charge in [-0.05, 0) is 37.8 Å². The lowest BCUT2D eigenvalue weighted by atomic mass is 9.95. The van der Waals surface area contributed by atoms with E-state index in [4.69, 9.17) is 11.6 Å². The second-order valence-corrected chi connectivity index (χ2v) is 7.91. The molecule has 5 heteroatoms. The van der Waals surface area contributed by atoms with Crippen LogP contribution in [0.2, 0.25) is 5.02 Å². The number of nitrogens with one attached hydrogen (secondary N) is 1. The number of benzene rings is 1. The maximum absolute atomic E-state index is 13.0. The van der Waals surface area contributed by atoms with E-state index >= 15 is 0 Å². The molecule has 0 radical (unpaired) electrons. The fourth-order valence-electron chi connectivity index (χ4n) is 3.96. The molecule has 4 nitrogen and oxygen atoms in total. The average molecular weight is 363 g/mol. The molecule has 136 valence electrons. The van der Waals surface area contributed by atoms with Crippen molar-refractivity contribution in [2.24, 2.45) is 0 Å². The minimum absolute atomic E-state index is 0.0164. The molecule has 1 saturated carbocycles. The van der Waals surface area contributed by atoms with Gasteiger partial charge in [-0.15, -0.1) is 0 Å². The highest BCUT2D eigenvalue weighted by Gasteiger charge is 2.47. The summed E-state index contributed by atoms with van der Waals surface area (Å²) in [6.45, 7) is 2.27. The van der Waals surface area contributed by atoms with Crippen molar-refractivity contribution in [1.82, 2.24) is 10.2 Å². The topological polar surface area (TPSA) is 49.4 Å². The Bertz CT molecular complexity index is 640. The van der Waals surface area contributed by atoms with Gasteiger partial charge in [0.05, 0.1) is 0 Å². The van der Waals surface area contributed by atoms with Gasteiger partial charge in [-0.3, -0.25) is 9.59 Å². The zero-order valence-electron chi connectivity index (χ0n) is 14.9. The number of carbonyl (C=O) groups excluding carboxylic acids is 2. The van der Waals surface area contributed by atoms with Crippen LogP contribution >= 0.6 is 11.6 Å². The van der Waals surface area contributed by atoms with Gasteiger partial charge >= 0.3 is 0 Å². The smallest absolute Gasteiger partial charge is 0.245 e. The first-order valence-corrected chi connectivity index (χ1v) is 9.73. The van der Waals surface area contributed by atoms with Crippen molar-refractivity contribution in [1.29, 1.82) is 0 Å². The van der Waals surface area contributed by atoms with Gasteiger partial charge in [0.15, 0.2) is 0 Å². The Kier molecular flexibility index (Phi) is 5.67. The standard InChI is InChI=1S/C20H27ClN2O2/c1-20(19(25)22-16-9-4-2-3-5-10-16)13-12-18(24)23(20)14-15-8-6-7-11-17(15)21/h6-8,11,16H,2-5,9-10,12-14H2,1H3,(H,22,25). The Labute approximate surface area is 154 Å². The number of hydrogen-bond donors (Lipinski definition) is 1. The number of likely N-dealkylation sites (tertiary alicyclic amines) is 1. The zero-order valence-corrected chi connectivity index (χ0v) is 15.6. The van der Waals surface area contributed by atoms with Gasteiger partial charge in [0.25, 0.3) is 0 Å². The lowest BCUT2D eigenvalue weighted by molar-refractivity contribution is -0.141. The minimum Gasteiger partial charge on any atom is -0.351 e. The van der Waals surface area contributed by atoms with E-state index < -0.39 is 5.54 Å². The van der Waals surface area contributed by atoms with Crippen LogP contribution in [0.4, 0.5) is 0 Å². The van der Waals surface area contributed by atoms with E-state index in [1.165, 1.54) is 25.7 Å². The Balaban J connectivity index is 1.74. The quantitative estimate of drug-likeness (QED) is 0.821. The highest BCUT2D eigenvalue weighted by atomic mass is 35.5. The second-order valence-electron chi connectivity index (χ2n) is 7.51. The molecule has 1 aliphatic heterocycles. The van der Waals surface area contributed by atoms with E-state index in [2.05, 4.69) is 5.32 Å². The Morgan fingerprint density at radius 2 is 1.92 bits per heavy atom. The summed E-state index contributed by atoms with van der Waals surface area (Å²) in [7, 11) is 0. The SMILES string of the molecule is CC1(C(=O)NC2CCCCCC2)CCC(=O)N1Cc1ccccc1Cl. The third kappa shape index (κ3) is 4.00. The molecule has 2 fully saturated rings. The van der Waals surface area contributed by atoms with Crippen LogP contribution in [0.1, 0.15) is 63.9 Å². The van der Waals surface area contributed by atoms with Crippen molar-refractivity contribution in [3.05, 3.63) is 34.9 Å². The maximum Gasteiger partial charge on any atom is 0.245 e. The third-order valence-corrected chi connectivity index (χ3v) is 6.06. The number of amides is 2. The summed E-state index contributed by atoms with van der Waals surface area (Å²) >= 11 is 6.26. The van der Waals surface area contributed by atoms with Crippen molar-refractivity contribution in [2.75, 3.05) is 0 Å². The average Bonchev–Trinajstić information content (AvgIpc) is 2.78. The summed E-state index contributed by atoms with van der Waals surface area (Å²) in [6, 6.07) is 7.75. The van der Waals surface area contributed by atoms with Gasteiger partial charge in [-0.25, -0.2) is 0 Å². The first kappa shape index (κ1) is 18.2. The van der Waals surface area contributed by atoms with Gasteiger partial charge in [0.1, 0.15) is 5.54 Å². The normalized spacial score (nSPS) is 25.0. The molecule has 0 bridgehead atoms.